The van der Waals surface area contributed by atoms with Gasteiger partial charge in [-0.15, -0.1) is 0 Å². The molecule has 9 heteroatoms. The maximum atomic E-state index is 12.6. The summed E-state index contributed by atoms with van der Waals surface area (Å²) in [6.07, 6.45) is -2.52. The first-order chi connectivity index (χ1) is 16.6. The zero-order chi connectivity index (χ0) is 25.6. The number of aliphatic hydroxyl groups excluding tert-OH is 1. The van der Waals surface area contributed by atoms with Gasteiger partial charge >= 0.3 is 12.1 Å². The van der Waals surface area contributed by atoms with E-state index in [1.54, 1.807) is 0 Å². The predicted molar refractivity (Wildman–Crippen MR) is 129 cm³/mol. The number of aliphatic carboxylic acids is 1. The number of hydrogen-bond donors (Lipinski definition) is 4. The number of carbonyl (C=O) groups is 3. The zero-order valence-electron chi connectivity index (χ0n) is 20.1. The number of carboxylic acid groups (broad SMARTS) is 1. The molecule has 1 aliphatic rings. The summed E-state index contributed by atoms with van der Waals surface area (Å²) in [5.74, 6) is -2.06. The lowest BCUT2D eigenvalue weighted by Gasteiger charge is -2.25. The number of aliphatic hydroxyl groups is 1. The van der Waals surface area contributed by atoms with E-state index in [1.165, 1.54) is 0 Å². The third-order valence-electron chi connectivity index (χ3n) is 5.64. The molecular weight excluding hydrogens is 452 g/mol. The summed E-state index contributed by atoms with van der Waals surface area (Å²) in [5, 5.41) is 23.2. The molecule has 4 N–H and O–H groups in total. The number of carboxylic acids is 1. The highest BCUT2D eigenvalue weighted by Gasteiger charge is 2.30. The number of nitrogens with one attached hydrogen (secondary N) is 2. The van der Waals surface area contributed by atoms with Crippen molar-refractivity contribution in [3.05, 3.63) is 59.7 Å². The average Bonchev–Trinajstić information content (AvgIpc) is 3.13. The number of ether oxygens (including phenoxy) is 2. The number of amides is 2. The average molecular weight is 485 g/mol. The van der Waals surface area contributed by atoms with E-state index < -0.39 is 35.7 Å². The highest BCUT2D eigenvalue weighted by molar-refractivity contribution is 5.86. The summed E-state index contributed by atoms with van der Waals surface area (Å²) in [5.41, 5.74) is 3.81. The molecule has 0 aromatic heterocycles. The van der Waals surface area contributed by atoms with Crippen LogP contribution in [-0.2, 0) is 19.1 Å². The number of benzene rings is 2. The van der Waals surface area contributed by atoms with Crippen LogP contribution in [0.15, 0.2) is 48.5 Å². The lowest BCUT2D eigenvalue weighted by Crippen LogP contribution is -2.51. The summed E-state index contributed by atoms with van der Waals surface area (Å²) in [6, 6.07) is 14.9. The van der Waals surface area contributed by atoms with Gasteiger partial charge in [0.1, 0.15) is 12.6 Å². The van der Waals surface area contributed by atoms with Gasteiger partial charge in [0.05, 0.1) is 12.2 Å². The van der Waals surface area contributed by atoms with Crippen LogP contribution < -0.4 is 10.6 Å². The molecule has 188 valence electrons. The smallest absolute Gasteiger partial charge is 0.407 e. The SMILES string of the molecule is CC(C)(C)OC[C@H](NC(=O)OCC1c2ccccc2-c2ccccc21)C(=O)NCCC(O)C(=O)O. The van der Waals surface area contributed by atoms with Crippen molar-refractivity contribution in [3.8, 4) is 11.1 Å². The highest BCUT2D eigenvalue weighted by atomic mass is 16.5. The van der Waals surface area contributed by atoms with E-state index in [4.69, 9.17) is 14.6 Å². The van der Waals surface area contributed by atoms with E-state index in [0.717, 1.165) is 22.3 Å². The van der Waals surface area contributed by atoms with Crippen LogP contribution in [0, 0.1) is 0 Å². The van der Waals surface area contributed by atoms with Crippen molar-refractivity contribution in [2.45, 2.75) is 50.9 Å². The normalized spacial score (nSPS) is 14.4. The molecule has 9 nitrogen and oxygen atoms in total. The molecular formula is C26H32N2O7. The fourth-order valence-electron chi connectivity index (χ4n) is 3.88. The monoisotopic (exact) mass is 484 g/mol. The summed E-state index contributed by atoms with van der Waals surface area (Å²) in [7, 11) is 0. The summed E-state index contributed by atoms with van der Waals surface area (Å²) in [4.78, 5) is 36.0. The van der Waals surface area contributed by atoms with E-state index in [-0.39, 0.29) is 32.1 Å². The second-order valence-corrected chi connectivity index (χ2v) is 9.38. The molecule has 0 saturated heterocycles. The first-order valence-corrected chi connectivity index (χ1v) is 11.5. The number of fused-ring (bicyclic) bond motifs is 3. The van der Waals surface area contributed by atoms with E-state index in [2.05, 4.69) is 10.6 Å². The summed E-state index contributed by atoms with van der Waals surface area (Å²) >= 11 is 0. The third-order valence-corrected chi connectivity index (χ3v) is 5.64. The van der Waals surface area contributed by atoms with Crippen LogP contribution in [-0.4, -0.2) is 65.7 Å². The molecule has 2 aromatic carbocycles. The van der Waals surface area contributed by atoms with Gasteiger partial charge in [-0.1, -0.05) is 48.5 Å². The van der Waals surface area contributed by atoms with Crippen LogP contribution in [0.25, 0.3) is 11.1 Å². The van der Waals surface area contributed by atoms with Crippen LogP contribution in [0.4, 0.5) is 4.79 Å². The molecule has 2 atom stereocenters. The van der Waals surface area contributed by atoms with Gasteiger partial charge < -0.3 is 30.3 Å². The Balaban J connectivity index is 1.62. The van der Waals surface area contributed by atoms with E-state index in [1.807, 2.05) is 69.3 Å². The second-order valence-electron chi connectivity index (χ2n) is 9.38. The van der Waals surface area contributed by atoms with Gasteiger partial charge in [-0.2, -0.15) is 0 Å². The van der Waals surface area contributed by atoms with Gasteiger partial charge in [0.15, 0.2) is 6.10 Å². The van der Waals surface area contributed by atoms with Crippen LogP contribution in [0.5, 0.6) is 0 Å². The Morgan fingerprint density at radius 1 is 1.00 bits per heavy atom. The van der Waals surface area contributed by atoms with Gasteiger partial charge in [0.25, 0.3) is 0 Å². The molecule has 1 unspecified atom stereocenters. The minimum Gasteiger partial charge on any atom is -0.479 e. The van der Waals surface area contributed by atoms with Crippen LogP contribution in [0.1, 0.15) is 44.2 Å². The second kappa shape index (κ2) is 11.3. The molecule has 0 spiro atoms. The van der Waals surface area contributed by atoms with Crippen LogP contribution in [0.3, 0.4) is 0 Å². The number of rotatable bonds is 10. The molecule has 1 aliphatic carbocycles. The van der Waals surface area contributed by atoms with Gasteiger partial charge in [-0.3, -0.25) is 4.79 Å². The van der Waals surface area contributed by atoms with E-state index >= 15 is 0 Å². The van der Waals surface area contributed by atoms with Gasteiger partial charge in [-0.05, 0) is 43.0 Å². The Labute approximate surface area is 204 Å². The lowest BCUT2D eigenvalue weighted by molar-refractivity contribution is -0.147. The van der Waals surface area contributed by atoms with Gasteiger partial charge in [0.2, 0.25) is 5.91 Å². The number of hydrogen-bond acceptors (Lipinski definition) is 6. The molecule has 0 bridgehead atoms. The molecule has 0 aliphatic heterocycles. The quantitative estimate of drug-likeness (QED) is 0.407. The Hall–Kier alpha value is -3.43. The third kappa shape index (κ3) is 7.03. The minimum atomic E-state index is -1.59. The molecule has 35 heavy (non-hydrogen) atoms. The van der Waals surface area contributed by atoms with Crippen LogP contribution >= 0.6 is 0 Å². The zero-order valence-corrected chi connectivity index (χ0v) is 20.1. The first-order valence-electron chi connectivity index (χ1n) is 11.5. The lowest BCUT2D eigenvalue weighted by atomic mass is 9.98. The number of alkyl carbamates (subject to hydrolysis) is 1. The molecule has 2 amide bonds. The predicted octanol–water partition coefficient (Wildman–Crippen LogP) is 2.66. The van der Waals surface area contributed by atoms with E-state index in [9.17, 15) is 19.5 Å². The highest BCUT2D eigenvalue weighted by Crippen LogP contribution is 2.44. The Bertz CT molecular complexity index is 1020. The molecule has 0 fully saturated rings. The van der Waals surface area contributed by atoms with E-state index in [0.29, 0.717) is 0 Å². The fourth-order valence-corrected chi connectivity index (χ4v) is 3.88. The van der Waals surface area contributed by atoms with Crippen molar-refractivity contribution < 1.29 is 34.1 Å². The van der Waals surface area contributed by atoms with Crippen molar-refractivity contribution in [2.24, 2.45) is 0 Å². The summed E-state index contributed by atoms with van der Waals surface area (Å²) in [6.45, 7) is 5.36. The van der Waals surface area contributed by atoms with Crippen LogP contribution in [0.2, 0.25) is 0 Å². The standard InChI is InChI=1S/C26H32N2O7/c1-26(2,3)35-15-21(23(30)27-13-12-22(29)24(31)32)28-25(33)34-14-20-18-10-6-4-8-16(18)17-9-5-7-11-19(17)20/h4-11,20-22,29H,12-15H2,1-3H3,(H,27,30)(H,28,33)(H,31,32)/t21-,22?/m0/s1. The largest absolute Gasteiger partial charge is 0.479 e. The maximum absolute atomic E-state index is 12.6. The Kier molecular flexibility index (Phi) is 8.48. The molecule has 0 saturated carbocycles. The minimum absolute atomic E-state index is 0.0787. The molecule has 2 aromatic rings. The fraction of sp³-hybridized carbons (Fsp3) is 0.423. The Morgan fingerprint density at radius 2 is 1.57 bits per heavy atom. The van der Waals surface area contributed by atoms with Crippen molar-refractivity contribution >= 4 is 18.0 Å². The van der Waals surface area contributed by atoms with Crippen molar-refractivity contribution in [1.29, 1.82) is 0 Å². The summed E-state index contributed by atoms with van der Waals surface area (Å²) < 4.78 is 11.2. The maximum Gasteiger partial charge on any atom is 0.407 e. The topological polar surface area (TPSA) is 134 Å². The molecule has 0 radical (unpaired) electrons. The number of carbonyl (C=O) groups excluding carboxylic acids is 2. The molecule has 3 rings (SSSR count). The van der Waals surface area contributed by atoms with Crippen molar-refractivity contribution in [1.82, 2.24) is 10.6 Å². The van der Waals surface area contributed by atoms with Crippen molar-refractivity contribution in [3.63, 3.8) is 0 Å². The molecule has 0 heterocycles. The van der Waals surface area contributed by atoms with Gasteiger partial charge in [-0.25, -0.2) is 9.59 Å². The van der Waals surface area contributed by atoms with Gasteiger partial charge in [0, 0.05) is 18.9 Å². The van der Waals surface area contributed by atoms with Crippen molar-refractivity contribution in [2.75, 3.05) is 19.8 Å². The first kappa shape index (κ1) is 26.2. The Morgan fingerprint density at radius 3 is 2.11 bits per heavy atom.